The monoisotopic (exact) mass is 496 g/mol. The molecule has 0 saturated heterocycles. The molecule has 0 aliphatic heterocycles. The van der Waals surface area contributed by atoms with Crippen LogP contribution in [0.15, 0.2) is 24.8 Å². The van der Waals surface area contributed by atoms with Gasteiger partial charge in [-0.1, -0.05) is 51.4 Å². The van der Waals surface area contributed by atoms with Crippen molar-refractivity contribution in [2.24, 2.45) is 11.8 Å². The van der Waals surface area contributed by atoms with E-state index in [-0.39, 0.29) is 11.9 Å². The van der Waals surface area contributed by atoms with E-state index in [1.54, 1.807) is 12.5 Å². The number of nitrogens with zero attached hydrogens (tertiary/aromatic N) is 4. The molecule has 2 aromatic heterocycles. The van der Waals surface area contributed by atoms with Gasteiger partial charge in [-0.25, -0.2) is 9.97 Å². The topological polar surface area (TPSA) is 94.0 Å². The van der Waals surface area contributed by atoms with Gasteiger partial charge in [-0.15, -0.1) is 0 Å². The maximum atomic E-state index is 13.3. The lowest BCUT2D eigenvalue weighted by atomic mass is 9.83. The van der Waals surface area contributed by atoms with Crippen molar-refractivity contribution in [1.82, 2.24) is 24.8 Å². The first-order valence-electron chi connectivity index (χ1n) is 14.2. The Kier molecular flexibility index (Phi) is 10.6. The van der Waals surface area contributed by atoms with Crippen molar-refractivity contribution in [3.05, 3.63) is 30.5 Å². The van der Waals surface area contributed by atoms with Crippen LogP contribution >= 0.6 is 0 Å². The Morgan fingerprint density at radius 2 is 1.89 bits per heavy atom. The van der Waals surface area contributed by atoms with Crippen LogP contribution in [0, 0.1) is 11.8 Å². The van der Waals surface area contributed by atoms with Crippen LogP contribution in [0.3, 0.4) is 0 Å². The first-order valence-corrected chi connectivity index (χ1v) is 14.2. The highest BCUT2D eigenvalue weighted by Gasteiger charge is 2.30. The summed E-state index contributed by atoms with van der Waals surface area (Å²) >= 11 is 0. The molecule has 1 atom stereocenters. The average Bonchev–Trinajstić information content (AvgIpc) is 3.47. The quantitative estimate of drug-likeness (QED) is 0.376. The maximum absolute atomic E-state index is 13.3. The second kappa shape index (κ2) is 14.3. The number of carbonyl (C=O) groups excluding carboxylic acids is 1. The molecule has 36 heavy (non-hydrogen) atoms. The molecule has 1 amide bonds. The fourth-order valence-corrected chi connectivity index (χ4v) is 5.67. The van der Waals surface area contributed by atoms with E-state index in [2.05, 4.69) is 21.7 Å². The molecule has 0 bridgehead atoms. The Balaban J connectivity index is 1.49. The minimum Gasteiger partial charge on any atom is -0.382 e. The van der Waals surface area contributed by atoms with Gasteiger partial charge in [0.25, 0.3) is 0 Å². The smallest absolute Gasteiger partial charge is 0.242 e. The van der Waals surface area contributed by atoms with Gasteiger partial charge in [0.05, 0.1) is 0 Å². The number of hydrogen-bond donors (Lipinski definition) is 2. The SMILES string of the molecule is CCOCCCNC(=O)C(Nc1cc(CCC2CCCCC2)nc(-n2ccnc2)n1)C1CCCCC1. The molecule has 0 aromatic carbocycles. The van der Waals surface area contributed by atoms with E-state index in [1.165, 1.54) is 51.4 Å². The van der Waals surface area contributed by atoms with Gasteiger partial charge in [0.15, 0.2) is 0 Å². The summed E-state index contributed by atoms with van der Waals surface area (Å²) < 4.78 is 7.27. The molecule has 0 spiro atoms. The van der Waals surface area contributed by atoms with Crippen LogP contribution in [-0.4, -0.2) is 51.2 Å². The highest BCUT2D eigenvalue weighted by Crippen LogP contribution is 2.30. The first-order chi connectivity index (χ1) is 17.7. The average molecular weight is 497 g/mol. The molecule has 2 N–H and O–H groups in total. The van der Waals surface area contributed by atoms with Gasteiger partial charge in [0.1, 0.15) is 18.2 Å². The summed E-state index contributed by atoms with van der Waals surface area (Å²) in [5.41, 5.74) is 1.03. The van der Waals surface area contributed by atoms with E-state index in [0.29, 0.717) is 31.6 Å². The van der Waals surface area contributed by atoms with Gasteiger partial charge in [0.2, 0.25) is 11.9 Å². The number of carbonyl (C=O) groups is 1. The van der Waals surface area contributed by atoms with Crippen molar-refractivity contribution in [2.45, 2.75) is 96.4 Å². The van der Waals surface area contributed by atoms with Crippen molar-refractivity contribution in [2.75, 3.05) is 25.1 Å². The third-order valence-electron chi connectivity index (χ3n) is 7.71. The predicted molar refractivity (Wildman–Crippen MR) is 142 cm³/mol. The maximum Gasteiger partial charge on any atom is 0.242 e. The van der Waals surface area contributed by atoms with E-state index >= 15 is 0 Å². The van der Waals surface area contributed by atoms with Gasteiger partial charge >= 0.3 is 0 Å². The van der Waals surface area contributed by atoms with Crippen molar-refractivity contribution < 1.29 is 9.53 Å². The van der Waals surface area contributed by atoms with Crippen LogP contribution in [0.2, 0.25) is 0 Å². The number of hydrogen-bond acceptors (Lipinski definition) is 6. The molecule has 2 aromatic rings. The van der Waals surface area contributed by atoms with E-state index in [9.17, 15) is 4.79 Å². The zero-order valence-electron chi connectivity index (χ0n) is 22.0. The number of anilines is 1. The van der Waals surface area contributed by atoms with Gasteiger partial charge in [0, 0.05) is 43.9 Å². The molecule has 2 fully saturated rings. The lowest BCUT2D eigenvalue weighted by Crippen LogP contribution is -2.45. The molecule has 2 aliphatic carbocycles. The number of nitrogens with one attached hydrogen (secondary N) is 2. The van der Waals surface area contributed by atoms with Crippen LogP contribution in [0.1, 0.15) is 89.7 Å². The van der Waals surface area contributed by atoms with Crippen LogP contribution in [0.25, 0.3) is 5.95 Å². The Labute approximate surface area is 216 Å². The highest BCUT2D eigenvalue weighted by atomic mass is 16.5. The largest absolute Gasteiger partial charge is 0.382 e. The van der Waals surface area contributed by atoms with Gasteiger partial charge in [-0.2, -0.15) is 4.98 Å². The Hall–Kier alpha value is -2.48. The van der Waals surface area contributed by atoms with E-state index in [1.807, 2.05) is 17.7 Å². The predicted octanol–water partition coefficient (Wildman–Crippen LogP) is 5.08. The van der Waals surface area contributed by atoms with Crippen molar-refractivity contribution in [3.8, 4) is 5.95 Å². The minimum atomic E-state index is -0.297. The molecule has 2 saturated carbocycles. The van der Waals surface area contributed by atoms with Crippen LogP contribution in [0.4, 0.5) is 5.82 Å². The summed E-state index contributed by atoms with van der Waals surface area (Å²) in [7, 11) is 0. The molecule has 8 heteroatoms. The molecule has 198 valence electrons. The fraction of sp³-hybridized carbons (Fsp3) is 0.714. The summed E-state index contributed by atoms with van der Waals surface area (Å²) in [6, 6.07) is 1.76. The van der Waals surface area contributed by atoms with Gasteiger partial charge in [-0.3, -0.25) is 9.36 Å². The first kappa shape index (κ1) is 26.6. The highest BCUT2D eigenvalue weighted by molar-refractivity contribution is 5.84. The lowest BCUT2D eigenvalue weighted by Gasteiger charge is -2.30. The van der Waals surface area contributed by atoms with Crippen LogP contribution < -0.4 is 10.6 Å². The Bertz CT molecular complexity index is 907. The lowest BCUT2D eigenvalue weighted by molar-refractivity contribution is -0.123. The normalized spacial score (nSPS) is 18.1. The zero-order chi connectivity index (χ0) is 25.0. The molecule has 4 rings (SSSR count). The van der Waals surface area contributed by atoms with Gasteiger partial charge < -0.3 is 15.4 Å². The van der Waals surface area contributed by atoms with Crippen molar-refractivity contribution in [1.29, 1.82) is 0 Å². The number of aromatic nitrogens is 4. The number of ether oxygens (including phenoxy) is 1. The number of imidazole rings is 1. The Morgan fingerprint density at radius 3 is 2.61 bits per heavy atom. The molecule has 2 aliphatic rings. The van der Waals surface area contributed by atoms with E-state index in [4.69, 9.17) is 14.7 Å². The summed E-state index contributed by atoms with van der Waals surface area (Å²) in [5.74, 6) is 2.50. The molecular formula is C28H44N6O2. The molecular weight excluding hydrogens is 452 g/mol. The summed E-state index contributed by atoms with van der Waals surface area (Å²) in [5, 5.41) is 6.70. The van der Waals surface area contributed by atoms with Crippen molar-refractivity contribution in [3.63, 3.8) is 0 Å². The number of aryl methyl sites for hydroxylation is 1. The molecule has 2 heterocycles. The molecule has 8 nitrogen and oxygen atoms in total. The summed E-state index contributed by atoms with van der Waals surface area (Å²) in [4.78, 5) is 27.2. The van der Waals surface area contributed by atoms with E-state index < -0.39 is 0 Å². The van der Waals surface area contributed by atoms with Crippen LogP contribution in [-0.2, 0) is 16.0 Å². The molecule has 0 radical (unpaired) electrons. The minimum absolute atomic E-state index is 0.0601. The van der Waals surface area contributed by atoms with E-state index in [0.717, 1.165) is 49.5 Å². The summed E-state index contributed by atoms with van der Waals surface area (Å²) in [6.07, 6.45) is 20.7. The number of amides is 1. The van der Waals surface area contributed by atoms with Crippen molar-refractivity contribution >= 4 is 11.7 Å². The Morgan fingerprint density at radius 1 is 1.11 bits per heavy atom. The molecule has 1 unspecified atom stereocenters. The van der Waals surface area contributed by atoms with Gasteiger partial charge in [-0.05, 0) is 50.9 Å². The van der Waals surface area contributed by atoms with Crippen LogP contribution in [0.5, 0.6) is 0 Å². The fourth-order valence-electron chi connectivity index (χ4n) is 5.67. The third-order valence-corrected chi connectivity index (χ3v) is 7.71. The zero-order valence-corrected chi connectivity index (χ0v) is 22.0. The third kappa shape index (κ3) is 8.02. The second-order valence-corrected chi connectivity index (χ2v) is 10.4. The summed E-state index contributed by atoms with van der Waals surface area (Å²) in [6.45, 7) is 3.99. The second-order valence-electron chi connectivity index (χ2n) is 10.4. The number of rotatable bonds is 13. The standard InChI is InChI=1S/C28H44N6O2/c1-2-36-19-9-16-30-27(35)26(23-12-7-4-8-13-23)32-25-20-24(15-14-22-10-5-3-6-11-22)31-28(33-25)34-18-17-29-21-34/h17-18,20-23,26H,2-16,19H2,1H3,(H,30,35)(H,31,32,33).